The highest BCUT2D eigenvalue weighted by atomic mass is 16.6. The van der Waals surface area contributed by atoms with Gasteiger partial charge in [-0.25, -0.2) is 0 Å². The minimum absolute atomic E-state index is 0.0381. The lowest BCUT2D eigenvalue weighted by atomic mass is 9.94. The second kappa shape index (κ2) is 5.59. The number of nitrogens with zero attached hydrogens (tertiary/aromatic N) is 1. The van der Waals surface area contributed by atoms with Crippen molar-refractivity contribution in [2.75, 3.05) is 13.6 Å². The molecule has 0 heterocycles. The van der Waals surface area contributed by atoms with Crippen LogP contribution in [0.4, 0.5) is 5.69 Å². The number of nitro groups is 1. The molecule has 1 amide bonds. The van der Waals surface area contributed by atoms with Crippen molar-refractivity contribution in [3.05, 3.63) is 39.9 Å². The number of hydrogen-bond acceptors (Lipinski definition) is 4. The Kier molecular flexibility index (Phi) is 4.38. The van der Waals surface area contributed by atoms with E-state index in [0.29, 0.717) is 0 Å². The van der Waals surface area contributed by atoms with Gasteiger partial charge in [-0.05, 0) is 38.6 Å². The van der Waals surface area contributed by atoms with Gasteiger partial charge in [0.25, 0.3) is 5.69 Å². The van der Waals surface area contributed by atoms with Crippen molar-refractivity contribution in [3.8, 4) is 0 Å². The third-order valence-electron chi connectivity index (χ3n) is 2.59. The molecule has 6 heteroatoms. The summed E-state index contributed by atoms with van der Waals surface area (Å²) in [6.45, 7) is 3.93. The highest BCUT2D eigenvalue weighted by Gasteiger charge is 2.23. The first-order valence-corrected chi connectivity index (χ1v) is 5.57. The first kappa shape index (κ1) is 14.1. The fourth-order valence-electron chi connectivity index (χ4n) is 1.63. The summed E-state index contributed by atoms with van der Waals surface area (Å²) < 4.78 is 0. The monoisotopic (exact) mass is 251 g/mol. The maximum absolute atomic E-state index is 11.5. The smallest absolute Gasteiger partial charge is 0.269 e. The van der Waals surface area contributed by atoms with Crippen molar-refractivity contribution in [1.82, 2.24) is 10.6 Å². The quantitative estimate of drug-likeness (QED) is 0.607. The Hall–Kier alpha value is -1.95. The van der Waals surface area contributed by atoms with Crippen LogP contribution in [0.5, 0.6) is 0 Å². The van der Waals surface area contributed by atoms with Crippen molar-refractivity contribution in [1.29, 1.82) is 0 Å². The summed E-state index contributed by atoms with van der Waals surface area (Å²) >= 11 is 0. The predicted molar refractivity (Wildman–Crippen MR) is 68.2 cm³/mol. The molecule has 0 saturated heterocycles. The van der Waals surface area contributed by atoms with E-state index in [-0.39, 0.29) is 18.1 Å². The topological polar surface area (TPSA) is 84.3 Å². The number of benzene rings is 1. The molecule has 0 radical (unpaired) electrons. The molecule has 0 spiro atoms. The van der Waals surface area contributed by atoms with Crippen LogP contribution in [0.3, 0.4) is 0 Å². The summed E-state index contributed by atoms with van der Waals surface area (Å²) in [7, 11) is 1.69. The largest absolute Gasteiger partial charge is 0.346 e. The van der Waals surface area contributed by atoms with Crippen LogP contribution in [-0.2, 0) is 10.3 Å². The van der Waals surface area contributed by atoms with Gasteiger partial charge in [-0.2, -0.15) is 0 Å². The Balaban J connectivity index is 2.84. The zero-order valence-electron chi connectivity index (χ0n) is 10.7. The van der Waals surface area contributed by atoms with Gasteiger partial charge in [-0.15, -0.1) is 0 Å². The summed E-state index contributed by atoms with van der Waals surface area (Å²) in [5.74, 6) is -0.124. The van der Waals surface area contributed by atoms with Crippen LogP contribution >= 0.6 is 0 Å². The molecular formula is C12H17N3O3. The number of carbonyl (C=O) groups excluding carboxylic acids is 1. The SMILES string of the molecule is CNCC(=O)NC(C)(C)c1ccc([N+](=O)[O-])cc1. The van der Waals surface area contributed by atoms with Crippen LogP contribution in [-0.4, -0.2) is 24.4 Å². The van der Waals surface area contributed by atoms with Crippen molar-refractivity contribution >= 4 is 11.6 Å². The number of likely N-dealkylation sites (N-methyl/N-ethyl adjacent to an activating group) is 1. The highest BCUT2D eigenvalue weighted by molar-refractivity contribution is 5.79. The van der Waals surface area contributed by atoms with E-state index >= 15 is 0 Å². The number of non-ortho nitro benzene ring substituents is 1. The van der Waals surface area contributed by atoms with Gasteiger partial charge in [0.15, 0.2) is 0 Å². The van der Waals surface area contributed by atoms with Gasteiger partial charge in [0, 0.05) is 12.1 Å². The van der Waals surface area contributed by atoms with Gasteiger partial charge in [-0.3, -0.25) is 14.9 Å². The van der Waals surface area contributed by atoms with E-state index in [1.165, 1.54) is 12.1 Å². The number of carbonyl (C=O) groups is 1. The summed E-state index contributed by atoms with van der Waals surface area (Å²) in [6.07, 6.45) is 0. The maximum Gasteiger partial charge on any atom is 0.269 e. The second-order valence-electron chi connectivity index (χ2n) is 4.51. The number of amides is 1. The molecule has 0 atom stereocenters. The normalized spacial score (nSPS) is 11.1. The number of nitro benzene ring substituents is 1. The maximum atomic E-state index is 11.5. The average Bonchev–Trinajstić information content (AvgIpc) is 2.28. The van der Waals surface area contributed by atoms with Crippen LogP contribution in [0.1, 0.15) is 19.4 Å². The predicted octanol–water partition coefficient (Wildman–Crippen LogP) is 1.17. The first-order valence-electron chi connectivity index (χ1n) is 5.57. The van der Waals surface area contributed by atoms with Gasteiger partial charge in [-0.1, -0.05) is 0 Å². The fraction of sp³-hybridized carbons (Fsp3) is 0.417. The van der Waals surface area contributed by atoms with Crippen LogP contribution in [0.15, 0.2) is 24.3 Å². The highest BCUT2D eigenvalue weighted by Crippen LogP contribution is 2.22. The zero-order valence-corrected chi connectivity index (χ0v) is 10.7. The molecule has 0 unspecified atom stereocenters. The second-order valence-corrected chi connectivity index (χ2v) is 4.51. The Bertz CT molecular complexity index is 440. The molecule has 6 nitrogen and oxygen atoms in total. The van der Waals surface area contributed by atoms with E-state index in [0.717, 1.165) is 5.56 Å². The van der Waals surface area contributed by atoms with Crippen LogP contribution in [0.2, 0.25) is 0 Å². The standard InChI is InChI=1S/C12H17N3O3/c1-12(2,14-11(16)8-13-3)9-4-6-10(7-5-9)15(17)18/h4-7,13H,8H2,1-3H3,(H,14,16). The summed E-state index contributed by atoms with van der Waals surface area (Å²) in [6, 6.07) is 6.16. The summed E-state index contributed by atoms with van der Waals surface area (Å²) in [4.78, 5) is 21.6. The summed E-state index contributed by atoms with van der Waals surface area (Å²) in [5.41, 5.74) is 0.289. The molecule has 0 aliphatic carbocycles. The van der Waals surface area contributed by atoms with E-state index in [4.69, 9.17) is 0 Å². The van der Waals surface area contributed by atoms with Crippen molar-refractivity contribution in [2.45, 2.75) is 19.4 Å². The molecule has 0 aliphatic rings. The lowest BCUT2D eigenvalue weighted by molar-refractivity contribution is -0.384. The lowest BCUT2D eigenvalue weighted by Gasteiger charge is -2.26. The van der Waals surface area contributed by atoms with Crippen molar-refractivity contribution in [3.63, 3.8) is 0 Å². The van der Waals surface area contributed by atoms with Gasteiger partial charge >= 0.3 is 0 Å². The van der Waals surface area contributed by atoms with Crippen molar-refractivity contribution < 1.29 is 9.72 Å². The fourth-order valence-corrected chi connectivity index (χ4v) is 1.63. The van der Waals surface area contributed by atoms with Gasteiger partial charge in [0.2, 0.25) is 5.91 Å². The van der Waals surface area contributed by atoms with E-state index in [9.17, 15) is 14.9 Å². The third-order valence-corrected chi connectivity index (χ3v) is 2.59. The summed E-state index contributed by atoms with van der Waals surface area (Å²) in [5, 5.41) is 16.2. The Morgan fingerprint density at radius 3 is 2.33 bits per heavy atom. The molecule has 1 rings (SSSR count). The number of nitrogens with one attached hydrogen (secondary N) is 2. The number of hydrogen-bond donors (Lipinski definition) is 2. The van der Waals surface area contributed by atoms with E-state index in [1.54, 1.807) is 19.2 Å². The van der Waals surface area contributed by atoms with Crippen LogP contribution in [0.25, 0.3) is 0 Å². The van der Waals surface area contributed by atoms with Crippen LogP contribution in [0, 0.1) is 10.1 Å². The average molecular weight is 251 g/mol. The number of rotatable bonds is 5. The Morgan fingerprint density at radius 1 is 1.33 bits per heavy atom. The van der Waals surface area contributed by atoms with Gasteiger partial charge in [0.05, 0.1) is 17.0 Å². The minimum atomic E-state index is -0.566. The first-order chi connectivity index (χ1) is 8.36. The molecule has 0 aromatic heterocycles. The van der Waals surface area contributed by atoms with E-state index in [2.05, 4.69) is 10.6 Å². The van der Waals surface area contributed by atoms with Crippen molar-refractivity contribution in [2.24, 2.45) is 0 Å². The molecular weight excluding hydrogens is 234 g/mol. The zero-order chi connectivity index (χ0) is 13.8. The molecule has 0 fully saturated rings. The van der Waals surface area contributed by atoms with Gasteiger partial charge < -0.3 is 10.6 Å². The van der Waals surface area contributed by atoms with E-state index in [1.807, 2.05) is 13.8 Å². The molecule has 2 N–H and O–H groups in total. The Labute approximate surface area is 106 Å². The Morgan fingerprint density at radius 2 is 1.89 bits per heavy atom. The molecule has 18 heavy (non-hydrogen) atoms. The third kappa shape index (κ3) is 3.53. The molecule has 98 valence electrons. The minimum Gasteiger partial charge on any atom is -0.346 e. The van der Waals surface area contributed by atoms with Gasteiger partial charge in [0.1, 0.15) is 0 Å². The van der Waals surface area contributed by atoms with Crippen LogP contribution < -0.4 is 10.6 Å². The molecule has 0 saturated carbocycles. The molecule has 1 aromatic rings. The molecule has 0 bridgehead atoms. The molecule has 1 aromatic carbocycles. The van der Waals surface area contributed by atoms with E-state index < -0.39 is 10.5 Å². The lowest BCUT2D eigenvalue weighted by Crippen LogP contribution is -2.44. The molecule has 0 aliphatic heterocycles.